The van der Waals surface area contributed by atoms with Gasteiger partial charge in [-0.05, 0) is 35.9 Å². The van der Waals surface area contributed by atoms with Crippen LogP contribution in [0, 0.1) is 11.6 Å². The van der Waals surface area contributed by atoms with Gasteiger partial charge < -0.3 is 5.73 Å². The van der Waals surface area contributed by atoms with Gasteiger partial charge in [0.2, 0.25) is 0 Å². The van der Waals surface area contributed by atoms with Crippen LogP contribution >= 0.6 is 0 Å². The van der Waals surface area contributed by atoms with E-state index in [0.29, 0.717) is 22.3 Å². The van der Waals surface area contributed by atoms with Gasteiger partial charge in [-0.25, -0.2) is 13.8 Å². The fourth-order valence-corrected chi connectivity index (χ4v) is 2.07. The van der Waals surface area contributed by atoms with Gasteiger partial charge in [-0.2, -0.15) is 0 Å². The second-order valence-corrected chi connectivity index (χ2v) is 4.70. The Morgan fingerprint density at radius 2 is 1.71 bits per heavy atom. The van der Waals surface area contributed by atoms with Crippen LogP contribution in [0.15, 0.2) is 48.5 Å². The minimum absolute atomic E-state index is 0.420. The van der Waals surface area contributed by atoms with E-state index in [1.807, 2.05) is 30.3 Å². The molecule has 0 aliphatic rings. The number of hydrogen-bond donors (Lipinski definition) is 1. The number of rotatable bonds is 2. The predicted octanol–water partition coefficient (Wildman–Crippen LogP) is 4.27. The first-order valence-corrected chi connectivity index (χ1v) is 6.41. The summed E-state index contributed by atoms with van der Waals surface area (Å²) < 4.78 is 26.4. The SMILES string of the molecule is Nc1cccc(C=Cc2ccc3cc(F)c(F)cc3n2)c1. The van der Waals surface area contributed by atoms with Crippen LogP contribution in [0.4, 0.5) is 14.5 Å². The van der Waals surface area contributed by atoms with Crippen molar-refractivity contribution >= 4 is 28.7 Å². The van der Waals surface area contributed by atoms with Crippen molar-refractivity contribution in [2.75, 3.05) is 5.73 Å². The van der Waals surface area contributed by atoms with E-state index in [9.17, 15) is 8.78 Å². The van der Waals surface area contributed by atoms with Gasteiger partial charge in [0, 0.05) is 17.1 Å². The molecule has 0 bridgehead atoms. The van der Waals surface area contributed by atoms with Gasteiger partial charge in [0.1, 0.15) is 0 Å². The van der Waals surface area contributed by atoms with Gasteiger partial charge in [-0.3, -0.25) is 0 Å². The van der Waals surface area contributed by atoms with Crippen molar-refractivity contribution in [1.82, 2.24) is 4.98 Å². The Kier molecular flexibility index (Phi) is 3.36. The van der Waals surface area contributed by atoms with Crippen molar-refractivity contribution in [1.29, 1.82) is 0 Å². The molecule has 21 heavy (non-hydrogen) atoms. The first-order chi connectivity index (χ1) is 10.1. The highest BCUT2D eigenvalue weighted by atomic mass is 19.2. The maximum Gasteiger partial charge on any atom is 0.161 e. The summed E-state index contributed by atoms with van der Waals surface area (Å²) in [6.45, 7) is 0. The molecule has 1 aromatic heterocycles. The number of nitrogens with two attached hydrogens (primary N) is 1. The van der Waals surface area contributed by atoms with E-state index in [0.717, 1.165) is 17.7 Å². The smallest absolute Gasteiger partial charge is 0.161 e. The van der Waals surface area contributed by atoms with Gasteiger partial charge in [0.15, 0.2) is 11.6 Å². The molecule has 0 amide bonds. The molecule has 0 aliphatic heterocycles. The zero-order valence-electron chi connectivity index (χ0n) is 11.1. The van der Waals surface area contributed by atoms with Crippen LogP contribution in [0.1, 0.15) is 11.3 Å². The summed E-state index contributed by atoms with van der Waals surface area (Å²) in [5.74, 6) is -1.76. The molecular formula is C17H12F2N2. The molecule has 2 aromatic carbocycles. The van der Waals surface area contributed by atoms with Crippen LogP contribution in [-0.4, -0.2) is 4.98 Å². The second-order valence-electron chi connectivity index (χ2n) is 4.70. The average molecular weight is 282 g/mol. The lowest BCUT2D eigenvalue weighted by molar-refractivity contribution is 0.510. The van der Waals surface area contributed by atoms with Gasteiger partial charge in [-0.15, -0.1) is 0 Å². The van der Waals surface area contributed by atoms with Crippen molar-refractivity contribution < 1.29 is 8.78 Å². The number of hydrogen-bond acceptors (Lipinski definition) is 2. The minimum Gasteiger partial charge on any atom is -0.399 e. The number of anilines is 1. The minimum atomic E-state index is -0.896. The normalized spacial score (nSPS) is 11.3. The van der Waals surface area contributed by atoms with Crippen LogP contribution in [0.3, 0.4) is 0 Å². The lowest BCUT2D eigenvalue weighted by Gasteiger charge is -2.01. The molecule has 104 valence electrons. The van der Waals surface area contributed by atoms with E-state index >= 15 is 0 Å². The van der Waals surface area contributed by atoms with Crippen LogP contribution < -0.4 is 5.73 Å². The standard InChI is InChI=1S/C17H12F2N2/c18-15-9-12-5-7-14(21-17(12)10-16(15)19)6-4-11-2-1-3-13(20)8-11/h1-10H,20H2. The zero-order valence-corrected chi connectivity index (χ0v) is 11.1. The fourth-order valence-electron chi connectivity index (χ4n) is 2.07. The molecule has 0 aliphatic carbocycles. The summed E-state index contributed by atoms with van der Waals surface area (Å²) in [7, 11) is 0. The largest absolute Gasteiger partial charge is 0.399 e. The Morgan fingerprint density at radius 1 is 0.905 bits per heavy atom. The number of nitrogen functional groups attached to an aromatic ring is 1. The van der Waals surface area contributed by atoms with E-state index in [2.05, 4.69) is 4.98 Å². The Labute approximate surface area is 120 Å². The first-order valence-electron chi connectivity index (χ1n) is 6.41. The average Bonchev–Trinajstić information content (AvgIpc) is 2.46. The number of fused-ring (bicyclic) bond motifs is 1. The summed E-state index contributed by atoms with van der Waals surface area (Å²) >= 11 is 0. The lowest BCUT2D eigenvalue weighted by Crippen LogP contribution is -1.88. The highest BCUT2D eigenvalue weighted by Gasteiger charge is 2.04. The van der Waals surface area contributed by atoms with Crippen molar-refractivity contribution in [2.24, 2.45) is 0 Å². The zero-order chi connectivity index (χ0) is 14.8. The third-order valence-electron chi connectivity index (χ3n) is 3.11. The van der Waals surface area contributed by atoms with E-state index in [1.54, 1.807) is 18.2 Å². The Bertz CT molecular complexity index is 841. The van der Waals surface area contributed by atoms with Crippen LogP contribution in [0.2, 0.25) is 0 Å². The molecule has 0 unspecified atom stereocenters. The summed E-state index contributed by atoms with van der Waals surface area (Å²) in [4.78, 5) is 4.29. The number of benzene rings is 2. The number of halogens is 2. The van der Waals surface area contributed by atoms with Crippen molar-refractivity contribution in [2.45, 2.75) is 0 Å². The Hall–Kier alpha value is -2.75. The Morgan fingerprint density at radius 3 is 2.52 bits per heavy atom. The molecular weight excluding hydrogens is 270 g/mol. The van der Waals surface area contributed by atoms with Crippen molar-refractivity contribution in [3.8, 4) is 0 Å². The van der Waals surface area contributed by atoms with Crippen molar-refractivity contribution in [3.05, 3.63) is 71.4 Å². The van der Waals surface area contributed by atoms with Gasteiger partial charge in [-0.1, -0.05) is 24.3 Å². The molecule has 3 rings (SSSR count). The maximum absolute atomic E-state index is 13.2. The third-order valence-corrected chi connectivity index (χ3v) is 3.11. The van der Waals surface area contributed by atoms with Crippen molar-refractivity contribution in [3.63, 3.8) is 0 Å². The van der Waals surface area contributed by atoms with Crippen LogP contribution in [0.25, 0.3) is 23.1 Å². The lowest BCUT2D eigenvalue weighted by atomic mass is 10.1. The van der Waals surface area contributed by atoms with E-state index < -0.39 is 11.6 Å². The Balaban J connectivity index is 1.96. The molecule has 2 nitrogen and oxygen atoms in total. The summed E-state index contributed by atoms with van der Waals surface area (Å²) in [6.07, 6.45) is 3.67. The second kappa shape index (κ2) is 5.32. The molecule has 4 heteroatoms. The molecule has 0 radical (unpaired) electrons. The molecule has 1 heterocycles. The predicted molar refractivity (Wildman–Crippen MR) is 81.4 cm³/mol. The number of pyridine rings is 1. The fraction of sp³-hybridized carbons (Fsp3) is 0. The number of nitrogens with zero attached hydrogens (tertiary/aromatic N) is 1. The summed E-state index contributed by atoms with van der Waals surface area (Å²) in [5, 5.41) is 0.565. The van der Waals surface area contributed by atoms with Crippen LogP contribution in [0.5, 0.6) is 0 Å². The first kappa shape index (κ1) is 13.2. The van der Waals surface area contributed by atoms with Gasteiger partial charge in [0.25, 0.3) is 0 Å². The molecule has 0 fully saturated rings. The molecule has 0 atom stereocenters. The topological polar surface area (TPSA) is 38.9 Å². The molecule has 0 saturated heterocycles. The van der Waals surface area contributed by atoms with Gasteiger partial charge in [0.05, 0.1) is 11.2 Å². The molecule has 0 spiro atoms. The molecule has 0 saturated carbocycles. The van der Waals surface area contributed by atoms with E-state index in [1.165, 1.54) is 0 Å². The summed E-state index contributed by atoms with van der Waals surface area (Å²) in [6, 6.07) is 13.1. The quantitative estimate of drug-likeness (QED) is 0.713. The van der Waals surface area contributed by atoms with Gasteiger partial charge >= 0.3 is 0 Å². The maximum atomic E-state index is 13.2. The summed E-state index contributed by atoms with van der Waals surface area (Å²) in [5.41, 5.74) is 8.42. The number of aromatic nitrogens is 1. The van der Waals surface area contributed by atoms with E-state index in [4.69, 9.17) is 5.73 Å². The highest BCUT2D eigenvalue weighted by molar-refractivity contribution is 5.81. The van der Waals surface area contributed by atoms with E-state index in [-0.39, 0.29) is 0 Å². The monoisotopic (exact) mass is 282 g/mol. The molecule has 3 aromatic rings. The molecule has 2 N–H and O–H groups in total. The van der Waals surface area contributed by atoms with Crippen LogP contribution in [-0.2, 0) is 0 Å². The third kappa shape index (κ3) is 2.89. The highest BCUT2D eigenvalue weighted by Crippen LogP contribution is 2.18.